The highest BCUT2D eigenvalue weighted by Gasteiger charge is 2.39. The van der Waals surface area contributed by atoms with Crippen LogP contribution < -0.4 is 0 Å². The molecule has 0 unspecified atom stereocenters. The van der Waals surface area contributed by atoms with Crippen molar-refractivity contribution in [1.29, 1.82) is 0 Å². The van der Waals surface area contributed by atoms with Crippen LogP contribution in [0.5, 0.6) is 0 Å². The van der Waals surface area contributed by atoms with Gasteiger partial charge in [0.05, 0.1) is 18.7 Å². The maximum absolute atomic E-state index is 13.0. The second kappa shape index (κ2) is 9.42. The maximum Gasteiger partial charge on any atom is 0.410 e. The third-order valence-corrected chi connectivity index (χ3v) is 5.10. The number of ether oxygens (including phenoxy) is 1. The van der Waals surface area contributed by atoms with E-state index in [1.807, 2.05) is 57.2 Å². The molecule has 2 atom stereocenters. The van der Waals surface area contributed by atoms with Crippen LogP contribution in [-0.2, 0) is 17.7 Å². The Balaban J connectivity index is 1.83. The van der Waals surface area contributed by atoms with Crippen LogP contribution in [0.15, 0.2) is 60.7 Å². The van der Waals surface area contributed by atoms with E-state index in [1.54, 1.807) is 4.90 Å². The maximum atomic E-state index is 13.0. The van der Waals surface area contributed by atoms with Crippen LogP contribution in [0.1, 0.15) is 31.9 Å². The lowest BCUT2D eigenvalue weighted by atomic mass is 9.99. The monoisotopic (exact) mass is 396 g/mol. The molecule has 0 aliphatic carbocycles. The molecule has 29 heavy (non-hydrogen) atoms. The van der Waals surface area contributed by atoms with E-state index in [2.05, 4.69) is 29.2 Å². The van der Waals surface area contributed by atoms with Crippen LogP contribution in [-0.4, -0.2) is 58.4 Å². The van der Waals surface area contributed by atoms with Gasteiger partial charge in [0.25, 0.3) is 0 Å². The predicted octanol–water partition coefficient (Wildman–Crippen LogP) is 3.71. The third kappa shape index (κ3) is 6.05. The van der Waals surface area contributed by atoms with Crippen molar-refractivity contribution in [2.75, 3.05) is 19.7 Å². The number of hydrogen-bond donors (Lipinski definition) is 1. The Bertz CT molecular complexity index is 774. The molecule has 0 aromatic heterocycles. The molecule has 3 rings (SSSR count). The van der Waals surface area contributed by atoms with Crippen LogP contribution in [0.3, 0.4) is 0 Å². The van der Waals surface area contributed by atoms with Crippen molar-refractivity contribution in [3.05, 3.63) is 71.8 Å². The number of aliphatic hydroxyl groups excluding tert-OH is 1. The first-order valence-electron chi connectivity index (χ1n) is 10.3. The summed E-state index contributed by atoms with van der Waals surface area (Å²) < 4.78 is 5.69. The van der Waals surface area contributed by atoms with Crippen LogP contribution in [0.25, 0.3) is 0 Å². The van der Waals surface area contributed by atoms with E-state index < -0.39 is 5.60 Å². The van der Waals surface area contributed by atoms with E-state index in [9.17, 15) is 9.90 Å². The summed E-state index contributed by atoms with van der Waals surface area (Å²) in [6.45, 7) is 7.68. The van der Waals surface area contributed by atoms with Gasteiger partial charge in [-0.15, -0.1) is 0 Å². The summed E-state index contributed by atoms with van der Waals surface area (Å²) in [5, 5.41) is 10.1. The lowest BCUT2D eigenvalue weighted by Gasteiger charge is -2.46. The van der Waals surface area contributed by atoms with E-state index in [0.717, 1.165) is 19.5 Å². The van der Waals surface area contributed by atoms with Crippen LogP contribution in [0.4, 0.5) is 4.79 Å². The number of rotatable bonds is 5. The summed E-state index contributed by atoms with van der Waals surface area (Å²) in [5.74, 6) is 0. The SMILES string of the molecule is CC(C)(C)OC(=O)N1[C@H](CO)CN(Cc2ccccc2)C[C@H]1Cc1ccccc1. The molecule has 5 nitrogen and oxygen atoms in total. The zero-order valence-corrected chi connectivity index (χ0v) is 17.6. The smallest absolute Gasteiger partial charge is 0.410 e. The van der Waals surface area contributed by atoms with Gasteiger partial charge in [-0.2, -0.15) is 0 Å². The number of piperazine rings is 1. The lowest BCUT2D eigenvalue weighted by Crippen LogP contribution is -2.62. The zero-order chi connectivity index (χ0) is 20.9. The summed E-state index contributed by atoms with van der Waals surface area (Å²) in [6, 6.07) is 20.1. The predicted molar refractivity (Wildman–Crippen MR) is 115 cm³/mol. The molecule has 0 saturated carbocycles. The van der Waals surface area contributed by atoms with E-state index in [1.165, 1.54) is 11.1 Å². The van der Waals surface area contributed by atoms with Crippen LogP contribution in [0.2, 0.25) is 0 Å². The summed E-state index contributed by atoms with van der Waals surface area (Å²) >= 11 is 0. The number of nitrogens with zero attached hydrogens (tertiary/aromatic N) is 2. The molecule has 156 valence electrons. The molecule has 1 saturated heterocycles. The second-order valence-electron chi connectivity index (χ2n) is 8.75. The highest BCUT2D eigenvalue weighted by Crippen LogP contribution is 2.24. The fourth-order valence-corrected chi connectivity index (χ4v) is 3.92. The topological polar surface area (TPSA) is 53.0 Å². The van der Waals surface area contributed by atoms with Crippen molar-refractivity contribution >= 4 is 6.09 Å². The first-order chi connectivity index (χ1) is 13.9. The molecule has 0 spiro atoms. The fourth-order valence-electron chi connectivity index (χ4n) is 3.92. The van der Waals surface area contributed by atoms with Crippen molar-refractivity contribution in [3.63, 3.8) is 0 Å². The van der Waals surface area contributed by atoms with Gasteiger partial charge in [0.15, 0.2) is 0 Å². The fraction of sp³-hybridized carbons (Fsp3) is 0.458. The number of hydrogen-bond acceptors (Lipinski definition) is 4. The van der Waals surface area contributed by atoms with E-state index in [0.29, 0.717) is 6.54 Å². The Labute approximate surface area is 173 Å². The minimum absolute atomic E-state index is 0.0677. The van der Waals surface area contributed by atoms with E-state index in [4.69, 9.17) is 4.74 Å². The van der Waals surface area contributed by atoms with Gasteiger partial charge in [-0.1, -0.05) is 60.7 Å². The Kier molecular flexibility index (Phi) is 6.93. The number of carbonyl (C=O) groups is 1. The minimum atomic E-state index is -0.574. The number of amides is 1. The number of benzene rings is 2. The first-order valence-corrected chi connectivity index (χ1v) is 10.3. The highest BCUT2D eigenvalue weighted by molar-refractivity contribution is 5.69. The van der Waals surface area contributed by atoms with Gasteiger partial charge in [-0.3, -0.25) is 9.80 Å². The number of carbonyl (C=O) groups excluding carboxylic acids is 1. The average Bonchev–Trinajstić information content (AvgIpc) is 2.67. The molecular formula is C24H32N2O3. The van der Waals surface area contributed by atoms with Crippen LogP contribution in [0, 0.1) is 0 Å². The standard InChI is InChI=1S/C24H32N2O3/c1-24(2,3)29-23(28)26-21(14-19-10-6-4-7-11-19)16-25(17-22(26)18-27)15-20-12-8-5-9-13-20/h4-13,21-22,27H,14-18H2,1-3H3/t21-,22+/m1/s1. The quantitative estimate of drug-likeness (QED) is 0.837. The highest BCUT2D eigenvalue weighted by atomic mass is 16.6. The average molecular weight is 397 g/mol. The third-order valence-electron chi connectivity index (χ3n) is 5.10. The normalized spacial score (nSPS) is 20.5. The molecule has 1 aliphatic rings. The number of aliphatic hydroxyl groups is 1. The molecular weight excluding hydrogens is 364 g/mol. The van der Waals surface area contributed by atoms with E-state index >= 15 is 0 Å². The molecule has 1 heterocycles. The minimum Gasteiger partial charge on any atom is -0.444 e. The summed E-state index contributed by atoms with van der Waals surface area (Å²) in [5.41, 5.74) is 1.83. The summed E-state index contributed by atoms with van der Waals surface area (Å²) in [7, 11) is 0. The Morgan fingerprint density at radius 2 is 1.52 bits per heavy atom. The zero-order valence-electron chi connectivity index (χ0n) is 17.6. The van der Waals surface area contributed by atoms with Crippen molar-refractivity contribution in [2.24, 2.45) is 0 Å². The molecule has 1 aliphatic heterocycles. The van der Waals surface area contributed by atoms with Gasteiger partial charge < -0.3 is 9.84 Å². The molecule has 1 fully saturated rings. The van der Waals surface area contributed by atoms with Crippen molar-refractivity contribution in [2.45, 2.75) is 51.4 Å². The second-order valence-corrected chi connectivity index (χ2v) is 8.75. The van der Waals surface area contributed by atoms with Gasteiger partial charge in [-0.25, -0.2) is 4.79 Å². The molecule has 0 bridgehead atoms. The molecule has 1 amide bonds. The van der Waals surface area contributed by atoms with Gasteiger partial charge in [0, 0.05) is 19.6 Å². The lowest BCUT2D eigenvalue weighted by molar-refractivity contribution is -0.0345. The Morgan fingerprint density at radius 3 is 2.07 bits per heavy atom. The van der Waals surface area contributed by atoms with Crippen molar-refractivity contribution < 1.29 is 14.6 Å². The summed E-state index contributed by atoms with van der Waals surface area (Å²) in [6.07, 6.45) is 0.374. The van der Waals surface area contributed by atoms with Gasteiger partial charge in [-0.05, 0) is 38.3 Å². The van der Waals surface area contributed by atoms with Crippen molar-refractivity contribution in [3.8, 4) is 0 Å². The molecule has 2 aromatic carbocycles. The van der Waals surface area contributed by atoms with Gasteiger partial charge in [0.2, 0.25) is 0 Å². The summed E-state index contributed by atoms with van der Waals surface area (Å²) in [4.78, 5) is 17.1. The van der Waals surface area contributed by atoms with E-state index in [-0.39, 0.29) is 24.8 Å². The first kappa shape index (κ1) is 21.3. The van der Waals surface area contributed by atoms with Gasteiger partial charge in [0.1, 0.15) is 5.60 Å². The molecule has 1 N–H and O–H groups in total. The van der Waals surface area contributed by atoms with Gasteiger partial charge >= 0.3 is 6.09 Å². The largest absolute Gasteiger partial charge is 0.444 e. The molecule has 2 aromatic rings. The van der Waals surface area contributed by atoms with Crippen LogP contribution >= 0.6 is 0 Å². The Hall–Kier alpha value is -2.37. The Morgan fingerprint density at radius 1 is 0.966 bits per heavy atom. The molecule has 5 heteroatoms. The molecule has 0 radical (unpaired) electrons. The van der Waals surface area contributed by atoms with Crippen molar-refractivity contribution in [1.82, 2.24) is 9.80 Å².